The van der Waals surface area contributed by atoms with Crippen molar-refractivity contribution < 1.29 is 4.79 Å². The average molecular weight is 324 g/mol. The van der Waals surface area contributed by atoms with Gasteiger partial charge in [-0.25, -0.2) is 0 Å². The summed E-state index contributed by atoms with van der Waals surface area (Å²) in [6.45, 7) is 11.2. The van der Waals surface area contributed by atoms with Crippen LogP contribution in [0.4, 0.5) is 5.69 Å². The predicted octanol–water partition coefficient (Wildman–Crippen LogP) is 2.54. The Morgan fingerprint density at radius 2 is 1.95 bits per heavy atom. The molecule has 1 aliphatic rings. The van der Waals surface area contributed by atoms with Crippen molar-refractivity contribution in [3.8, 4) is 0 Å². The van der Waals surface area contributed by atoms with Gasteiger partial charge in [0.05, 0.1) is 6.54 Å². The third-order valence-corrected chi connectivity index (χ3v) is 4.19. The van der Waals surface area contributed by atoms with E-state index in [1.165, 1.54) is 11.3 Å². The molecule has 0 aromatic heterocycles. The number of aryl methyl sites for hydroxylation is 1. The monoisotopic (exact) mass is 323 g/mol. The summed E-state index contributed by atoms with van der Waals surface area (Å²) in [6, 6.07) is 6.01. The molecule has 2 rings (SSSR count). The van der Waals surface area contributed by atoms with Crippen molar-refractivity contribution in [1.29, 1.82) is 0 Å². The highest BCUT2D eigenvalue weighted by atomic mass is 35.5. The third kappa shape index (κ3) is 4.89. The molecule has 0 radical (unpaired) electrons. The zero-order valence-corrected chi connectivity index (χ0v) is 14.5. The number of halogens is 1. The minimum absolute atomic E-state index is 0.126. The summed E-state index contributed by atoms with van der Waals surface area (Å²) in [5.74, 6) is 0.618. The highest BCUT2D eigenvalue weighted by Crippen LogP contribution is 2.25. The van der Waals surface area contributed by atoms with E-state index in [2.05, 4.69) is 42.0 Å². The smallest absolute Gasteiger partial charge is 0.234 e. The van der Waals surface area contributed by atoms with Gasteiger partial charge in [0.1, 0.15) is 0 Å². The summed E-state index contributed by atoms with van der Waals surface area (Å²) < 4.78 is 0. The molecule has 1 N–H and O–H groups in total. The largest absolute Gasteiger partial charge is 0.369 e. The van der Waals surface area contributed by atoms with Gasteiger partial charge in [-0.3, -0.25) is 9.69 Å². The van der Waals surface area contributed by atoms with Crippen LogP contribution in [0.2, 0.25) is 5.02 Å². The first-order chi connectivity index (χ1) is 10.5. The van der Waals surface area contributed by atoms with Gasteiger partial charge in [0.2, 0.25) is 5.91 Å². The van der Waals surface area contributed by atoms with Crippen molar-refractivity contribution in [2.24, 2.45) is 5.92 Å². The maximum absolute atomic E-state index is 11.9. The molecule has 22 heavy (non-hydrogen) atoms. The van der Waals surface area contributed by atoms with Crippen LogP contribution in [0.25, 0.3) is 0 Å². The lowest BCUT2D eigenvalue weighted by atomic mass is 10.1. The molecule has 1 heterocycles. The van der Waals surface area contributed by atoms with Gasteiger partial charge in [-0.1, -0.05) is 31.5 Å². The molecule has 1 amide bonds. The first-order valence-corrected chi connectivity index (χ1v) is 8.33. The molecule has 1 saturated heterocycles. The van der Waals surface area contributed by atoms with Gasteiger partial charge in [-0.05, 0) is 30.5 Å². The second-order valence-electron chi connectivity index (χ2n) is 6.39. The molecule has 122 valence electrons. The fraction of sp³-hybridized carbons (Fsp3) is 0.588. The van der Waals surface area contributed by atoms with Crippen LogP contribution < -0.4 is 10.2 Å². The second-order valence-corrected chi connectivity index (χ2v) is 6.83. The molecule has 0 unspecified atom stereocenters. The summed E-state index contributed by atoms with van der Waals surface area (Å²) >= 11 is 6.10. The van der Waals surface area contributed by atoms with E-state index in [1.54, 1.807) is 0 Å². The number of piperazine rings is 1. The fourth-order valence-electron chi connectivity index (χ4n) is 2.65. The number of amides is 1. The highest BCUT2D eigenvalue weighted by Gasteiger charge is 2.20. The minimum Gasteiger partial charge on any atom is -0.369 e. The molecule has 1 aromatic carbocycles. The number of rotatable bonds is 5. The molecular formula is C17H26ClN3O. The Labute approximate surface area is 138 Å². The van der Waals surface area contributed by atoms with E-state index in [9.17, 15) is 4.79 Å². The summed E-state index contributed by atoms with van der Waals surface area (Å²) in [5, 5.41) is 3.75. The summed E-state index contributed by atoms with van der Waals surface area (Å²) in [6.07, 6.45) is 0. The highest BCUT2D eigenvalue weighted by molar-refractivity contribution is 6.30. The summed E-state index contributed by atoms with van der Waals surface area (Å²) in [4.78, 5) is 16.4. The van der Waals surface area contributed by atoms with E-state index in [-0.39, 0.29) is 5.91 Å². The van der Waals surface area contributed by atoms with E-state index in [4.69, 9.17) is 11.6 Å². The maximum atomic E-state index is 11.9. The maximum Gasteiger partial charge on any atom is 0.234 e. The van der Waals surface area contributed by atoms with Crippen LogP contribution >= 0.6 is 11.6 Å². The van der Waals surface area contributed by atoms with Gasteiger partial charge in [-0.2, -0.15) is 0 Å². The third-order valence-electron chi connectivity index (χ3n) is 3.96. The number of benzene rings is 1. The van der Waals surface area contributed by atoms with Crippen molar-refractivity contribution in [1.82, 2.24) is 10.2 Å². The van der Waals surface area contributed by atoms with E-state index in [0.717, 1.165) is 37.7 Å². The van der Waals surface area contributed by atoms with Crippen LogP contribution in [-0.4, -0.2) is 50.1 Å². The van der Waals surface area contributed by atoms with Gasteiger partial charge in [0, 0.05) is 43.4 Å². The number of hydrogen-bond donors (Lipinski definition) is 1. The van der Waals surface area contributed by atoms with Gasteiger partial charge >= 0.3 is 0 Å². The van der Waals surface area contributed by atoms with Gasteiger partial charge in [-0.15, -0.1) is 0 Å². The van der Waals surface area contributed by atoms with Gasteiger partial charge in [0.25, 0.3) is 0 Å². The van der Waals surface area contributed by atoms with Crippen LogP contribution in [0.5, 0.6) is 0 Å². The number of carbonyl (C=O) groups excluding carboxylic acids is 1. The molecule has 0 spiro atoms. The van der Waals surface area contributed by atoms with Crippen LogP contribution in [-0.2, 0) is 4.79 Å². The van der Waals surface area contributed by atoms with Crippen molar-refractivity contribution in [3.63, 3.8) is 0 Å². The molecule has 4 nitrogen and oxygen atoms in total. The standard InChI is InChI=1S/C17H26ClN3O/c1-13(2)11-19-17(22)12-20-6-8-21(9-7-20)16-10-15(18)5-4-14(16)3/h4-5,10,13H,6-9,11-12H2,1-3H3,(H,19,22). The molecule has 0 saturated carbocycles. The number of hydrogen-bond acceptors (Lipinski definition) is 3. The van der Waals surface area contributed by atoms with Crippen molar-refractivity contribution in [3.05, 3.63) is 28.8 Å². The Morgan fingerprint density at radius 3 is 2.59 bits per heavy atom. The first-order valence-electron chi connectivity index (χ1n) is 7.96. The molecule has 5 heteroatoms. The molecule has 1 aliphatic heterocycles. The second kappa shape index (κ2) is 7.84. The SMILES string of the molecule is Cc1ccc(Cl)cc1N1CCN(CC(=O)NCC(C)C)CC1. The van der Waals surface area contributed by atoms with E-state index in [1.807, 2.05) is 12.1 Å². The molecule has 1 fully saturated rings. The lowest BCUT2D eigenvalue weighted by Crippen LogP contribution is -2.49. The fourth-order valence-corrected chi connectivity index (χ4v) is 2.81. The van der Waals surface area contributed by atoms with Crippen molar-refractivity contribution >= 4 is 23.2 Å². The zero-order chi connectivity index (χ0) is 16.1. The zero-order valence-electron chi connectivity index (χ0n) is 13.7. The van der Waals surface area contributed by atoms with Crippen LogP contribution in [0.15, 0.2) is 18.2 Å². The average Bonchev–Trinajstić information content (AvgIpc) is 2.48. The Morgan fingerprint density at radius 1 is 1.27 bits per heavy atom. The van der Waals surface area contributed by atoms with Crippen LogP contribution in [0.3, 0.4) is 0 Å². The van der Waals surface area contributed by atoms with Crippen LogP contribution in [0.1, 0.15) is 19.4 Å². The Bertz CT molecular complexity index is 511. The number of nitrogens with one attached hydrogen (secondary N) is 1. The normalized spacial score (nSPS) is 16.1. The number of anilines is 1. The topological polar surface area (TPSA) is 35.6 Å². The first kappa shape index (κ1) is 17.1. The summed E-state index contributed by atoms with van der Waals surface area (Å²) in [5.41, 5.74) is 2.45. The van der Waals surface area contributed by atoms with Gasteiger partial charge < -0.3 is 10.2 Å². The summed E-state index contributed by atoms with van der Waals surface area (Å²) in [7, 11) is 0. The lowest BCUT2D eigenvalue weighted by molar-refractivity contribution is -0.122. The minimum atomic E-state index is 0.126. The molecular weight excluding hydrogens is 298 g/mol. The molecule has 0 bridgehead atoms. The molecule has 0 atom stereocenters. The van der Waals surface area contributed by atoms with E-state index in [0.29, 0.717) is 12.5 Å². The Kier molecular flexibility index (Phi) is 6.09. The van der Waals surface area contributed by atoms with Gasteiger partial charge in [0.15, 0.2) is 0 Å². The number of nitrogens with zero attached hydrogens (tertiary/aromatic N) is 2. The lowest BCUT2D eigenvalue weighted by Gasteiger charge is -2.36. The van der Waals surface area contributed by atoms with Crippen LogP contribution in [0, 0.1) is 12.8 Å². The van der Waals surface area contributed by atoms with Crippen molar-refractivity contribution in [2.45, 2.75) is 20.8 Å². The van der Waals surface area contributed by atoms with Crippen molar-refractivity contribution in [2.75, 3.05) is 44.2 Å². The Hall–Kier alpha value is -1.26. The number of carbonyl (C=O) groups is 1. The molecule has 0 aliphatic carbocycles. The van der Waals surface area contributed by atoms with E-state index >= 15 is 0 Å². The Balaban J connectivity index is 1.83. The predicted molar refractivity (Wildman–Crippen MR) is 92.7 cm³/mol. The van der Waals surface area contributed by atoms with E-state index < -0.39 is 0 Å². The quantitative estimate of drug-likeness (QED) is 0.904. The molecule has 1 aromatic rings.